The van der Waals surface area contributed by atoms with Crippen LogP contribution in [0.5, 0.6) is 0 Å². The van der Waals surface area contributed by atoms with E-state index in [4.69, 9.17) is 5.73 Å². The van der Waals surface area contributed by atoms with E-state index in [1.165, 1.54) is 0 Å². The van der Waals surface area contributed by atoms with Crippen molar-refractivity contribution < 1.29 is 10.0 Å². The number of primary amides is 1. The number of amides is 1. The van der Waals surface area contributed by atoms with Crippen molar-refractivity contribution in [1.29, 1.82) is 0 Å². The van der Waals surface area contributed by atoms with E-state index >= 15 is 0 Å². The first-order valence-corrected chi connectivity index (χ1v) is 8.60. The molecule has 1 aliphatic rings. The molecule has 0 saturated carbocycles. The van der Waals surface area contributed by atoms with Crippen LogP contribution in [-0.2, 0) is 6.42 Å². The zero-order chi connectivity index (χ0) is 18.1. The molecule has 3 N–H and O–H groups in total. The van der Waals surface area contributed by atoms with Crippen LogP contribution in [-0.4, -0.2) is 21.4 Å². The summed E-state index contributed by atoms with van der Waals surface area (Å²) in [6, 6.07) is 19.5. The maximum absolute atomic E-state index is 11.4. The molecule has 3 aromatic rings. The molecule has 0 saturated heterocycles. The molecule has 1 aromatic heterocycles. The third-order valence-electron chi connectivity index (χ3n) is 4.84. The molecule has 5 heteroatoms. The monoisotopic (exact) mass is 345 g/mol. The second-order valence-corrected chi connectivity index (χ2v) is 6.40. The summed E-state index contributed by atoms with van der Waals surface area (Å²) in [7, 11) is 0. The van der Waals surface area contributed by atoms with Gasteiger partial charge in [0.25, 0.3) is 0 Å². The maximum Gasteiger partial charge on any atom is 0.248 e. The lowest BCUT2D eigenvalue weighted by Crippen LogP contribution is -2.14. The van der Waals surface area contributed by atoms with Crippen molar-refractivity contribution in [2.45, 2.75) is 19.3 Å². The molecule has 26 heavy (non-hydrogen) atoms. The highest BCUT2D eigenvalue weighted by atomic mass is 16.4. The lowest BCUT2D eigenvalue weighted by atomic mass is 9.95. The van der Waals surface area contributed by atoms with Crippen LogP contribution in [0.4, 0.5) is 0 Å². The van der Waals surface area contributed by atoms with Gasteiger partial charge in [0, 0.05) is 22.5 Å². The molecule has 0 atom stereocenters. The van der Waals surface area contributed by atoms with E-state index in [2.05, 4.69) is 27.9 Å². The first-order chi connectivity index (χ1) is 12.7. The Labute approximate surface area is 151 Å². The van der Waals surface area contributed by atoms with E-state index in [1.54, 1.807) is 12.1 Å². The number of carbonyl (C=O) groups excluding carboxylic acids is 1. The average molecular weight is 345 g/mol. The van der Waals surface area contributed by atoms with Gasteiger partial charge in [-0.15, -0.1) is 0 Å². The van der Waals surface area contributed by atoms with Gasteiger partial charge in [-0.3, -0.25) is 4.79 Å². The number of benzene rings is 2. The summed E-state index contributed by atoms with van der Waals surface area (Å²) < 4.78 is 2.18. The molecule has 0 unspecified atom stereocenters. The highest BCUT2D eigenvalue weighted by molar-refractivity contribution is 6.03. The Morgan fingerprint density at radius 2 is 1.77 bits per heavy atom. The summed E-state index contributed by atoms with van der Waals surface area (Å²) in [5.41, 5.74) is 11.7. The predicted octanol–water partition coefficient (Wildman–Crippen LogP) is 3.76. The third kappa shape index (κ3) is 2.67. The smallest absolute Gasteiger partial charge is 0.248 e. The van der Waals surface area contributed by atoms with Crippen molar-refractivity contribution in [1.82, 2.24) is 4.57 Å². The van der Waals surface area contributed by atoms with Crippen molar-refractivity contribution in [2.75, 3.05) is 0 Å². The fraction of sp³-hybridized carbons (Fsp3) is 0.143. The van der Waals surface area contributed by atoms with Gasteiger partial charge in [-0.2, -0.15) is 0 Å². The van der Waals surface area contributed by atoms with Gasteiger partial charge in [0.05, 0.1) is 11.4 Å². The van der Waals surface area contributed by atoms with Crippen molar-refractivity contribution >= 4 is 11.6 Å². The van der Waals surface area contributed by atoms with Gasteiger partial charge in [-0.1, -0.05) is 35.5 Å². The molecule has 0 bridgehead atoms. The van der Waals surface area contributed by atoms with Crippen LogP contribution in [0.25, 0.3) is 16.9 Å². The van der Waals surface area contributed by atoms with Gasteiger partial charge in [-0.25, -0.2) is 0 Å². The summed E-state index contributed by atoms with van der Waals surface area (Å²) in [6.45, 7) is 0. The summed E-state index contributed by atoms with van der Waals surface area (Å²) in [4.78, 5) is 11.4. The molecule has 0 fully saturated rings. The normalized spacial score (nSPS) is 15.0. The van der Waals surface area contributed by atoms with Gasteiger partial charge >= 0.3 is 0 Å². The second-order valence-electron chi connectivity index (χ2n) is 6.40. The zero-order valence-electron chi connectivity index (χ0n) is 14.2. The number of carbonyl (C=O) groups is 1. The fourth-order valence-electron chi connectivity index (χ4n) is 3.60. The second kappa shape index (κ2) is 6.52. The first-order valence-electron chi connectivity index (χ1n) is 8.60. The van der Waals surface area contributed by atoms with E-state index in [9.17, 15) is 10.0 Å². The Balaban J connectivity index is 1.94. The van der Waals surface area contributed by atoms with Gasteiger partial charge in [0.1, 0.15) is 0 Å². The summed E-state index contributed by atoms with van der Waals surface area (Å²) >= 11 is 0. The van der Waals surface area contributed by atoms with Gasteiger partial charge in [0.2, 0.25) is 5.91 Å². The quantitative estimate of drug-likeness (QED) is 0.560. The number of nitrogens with two attached hydrogens (primary N) is 1. The van der Waals surface area contributed by atoms with E-state index in [1.807, 2.05) is 30.3 Å². The van der Waals surface area contributed by atoms with Crippen LogP contribution in [0.2, 0.25) is 0 Å². The average Bonchev–Trinajstić information content (AvgIpc) is 3.08. The Bertz CT molecular complexity index is 986. The molecule has 1 amide bonds. The number of hydrogen-bond donors (Lipinski definition) is 2. The lowest BCUT2D eigenvalue weighted by molar-refractivity contribution is 0.100. The topological polar surface area (TPSA) is 80.6 Å². The molecule has 0 spiro atoms. The molecule has 5 nitrogen and oxygen atoms in total. The number of oxime groups is 1. The minimum Gasteiger partial charge on any atom is -0.411 e. The molecular formula is C21H19N3O2. The van der Waals surface area contributed by atoms with Crippen LogP contribution >= 0.6 is 0 Å². The standard InChI is InChI=1S/C21H19N3O2/c22-21(25)15-9-11-16(12-10-15)24-19-8-4-7-18(23-26)17(19)13-20(24)14-5-2-1-3-6-14/h1-3,5-6,9-13,26H,4,7-8H2,(H2,22,25)/b23-18+. The minimum absolute atomic E-state index is 0.441. The van der Waals surface area contributed by atoms with E-state index < -0.39 is 5.91 Å². The molecule has 4 rings (SSSR count). The van der Waals surface area contributed by atoms with Gasteiger partial charge in [-0.05, 0) is 55.2 Å². The number of hydrogen-bond acceptors (Lipinski definition) is 3. The summed E-state index contributed by atoms with van der Waals surface area (Å²) in [6.07, 6.45) is 2.60. The van der Waals surface area contributed by atoms with Crippen molar-refractivity contribution in [2.24, 2.45) is 10.9 Å². The van der Waals surface area contributed by atoms with E-state index in [0.29, 0.717) is 5.56 Å². The molecule has 1 aliphatic carbocycles. The van der Waals surface area contributed by atoms with Crippen LogP contribution in [0.15, 0.2) is 65.8 Å². The van der Waals surface area contributed by atoms with E-state index in [0.717, 1.165) is 53.2 Å². The Morgan fingerprint density at radius 3 is 2.42 bits per heavy atom. The van der Waals surface area contributed by atoms with Crippen molar-refractivity contribution in [3.8, 4) is 16.9 Å². The zero-order valence-corrected chi connectivity index (χ0v) is 14.2. The molecule has 0 radical (unpaired) electrons. The minimum atomic E-state index is -0.441. The van der Waals surface area contributed by atoms with Crippen molar-refractivity contribution in [3.63, 3.8) is 0 Å². The SMILES string of the molecule is NC(=O)c1ccc(-n2c(-c3ccccc3)cc3c2CCC/C3=N\O)cc1. The van der Waals surface area contributed by atoms with Crippen molar-refractivity contribution in [3.05, 3.63) is 77.5 Å². The Morgan fingerprint density at radius 1 is 1.04 bits per heavy atom. The Hall–Kier alpha value is -3.34. The number of fused-ring (bicyclic) bond motifs is 1. The highest BCUT2D eigenvalue weighted by Crippen LogP contribution is 2.34. The largest absolute Gasteiger partial charge is 0.411 e. The highest BCUT2D eigenvalue weighted by Gasteiger charge is 2.24. The maximum atomic E-state index is 11.4. The molecule has 130 valence electrons. The third-order valence-corrected chi connectivity index (χ3v) is 4.84. The molecule has 1 heterocycles. The lowest BCUT2D eigenvalue weighted by Gasteiger charge is -2.18. The number of rotatable bonds is 3. The first kappa shape index (κ1) is 16.1. The van der Waals surface area contributed by atoms with Gasteiger partial charge in [0.15, 0.2) is 0 Å². The van der Waals surface area contributed by atoms with Gasteiger partial charge < -0.3 is 15.5 Å². The van der Waals surface area contributed by atoms with Crippen LogP contribution < -0.4 is 5.73 Å². The predicted molar refractivity (Wildman–Crippen MR) is 101 cm³/mol. The Kier molecular flexibility index (Phi) is 4.05. The van der Waals surface area contributed by atoms with Crippen LogP contribution in [0.1, 0.15) is 34.5 Å². The summed E-state index contributed by atoms with van der Waals surface area (Å²) in [5, 5.41) is 12.9. The number of aromatic nitrogens is 1. The van der Waals surface area contributed by atoms with E-state index in [-0.39, 0.29) is 0 Å². The molecular weight excluding hydrogens is 326 g/mol. The van der Waals surface area contributed by atoms with Crippen LogP contribution in [0.3, 0.4) is 0 Å². The summed E-state index contributed by atoms with van der Waals surface area (Å²) in [5.74, 6) is -0.441. The molecule has 0 aliphatic heterocycles. The molecule has 2 aromatic carbocycles. The van der Waals surface area contributed by atoms with Crippen LogP contribution in [0, 0.1) is 0 Å². The number of nitrogens with zero attached hydrogens (tertiary/aromatic N) is 2. The fourth-order valence-corrected chi connectivity index (χ4v) is 3.60.